The van der Waals surface area contributed by atoms with Crippen LogP contribution in [0.1, 0.15) is 15.2 Å². The maximum atomic E-state index is 11.9. The van der Waals surface area contributed by atoms with Crippen LogP contribution in [0.5, 0.6) is 0 Å². The molecule has 0 aliphatic rings. The zero-order valence-corrected chi connectivity index (χ0v) is 12.4. The molecule has 18 heavy (non-hydrogen) atoms. The van der Waals surface area contributed by atoms with E-state index in [1.165, 1.54) is 11.3 Å². The van der Waals surface area contributed by atoms with Gasteiger partial charge in [0.1, 0.15) is 0 Å². The van der Waals surface area contributed by atoms with Crippen molar-refractivity contribution in [3.63, 3.8) is 0 Å². The van der Waals surface area contributed by atoms with E-state index in [2.05, 4.69) is 21.2 Å². The number of anilines is 1. The number of nitrogens with two attached hydrogens (primary N) is 1. The van der Waals surface area contributed by atoms with Gasteiger partial charge in [-0.1, -0.05) is 27.5 Å². The van der Waals surface area contributed by atoms with Crippen molar-refractivity contribution in [1.82, 2.24) is 5.32 Å². The van der Waals surface area contributed by atoms with E-state index >= 15 is 0 Å². The molecular formula is C12H10BrClN2OS. The quantitative estimate of drug-likeness (QED) is 0.834. The average molecular weight is 346 g/mol. The first-order chi connectivity index (χ1) is 8.54. The van der Waals surface area contributed by atoms with Gasteiger partial charge in [-0.05, 0) is 30.3 Å². The van der Waals surface area contributed by atoms with Gasteiger partial charge < -0.3 is 11.1 Å². The van der Waals surface area contributed by atoms with Crippen molar-refractivity contribution in [2.45, 2.75) is 6.54 Å². The second kappa shape index (κ2) is 5.73. The molecule has 0 saturated heterocycles. The maximum absolute atomic E-state index is 11.9. The van der Waals surface area contributed by atoms with Crippen LogP contribution < -0.4 is 11.1 Å². The SMILES string of the molecule is Nc1cc(Br)cc(C(=O)NCc2ccc(Cl)s2)c1. The van der Waals surface area contributed by atoms with E-state index in [4.69, 9.17) is 17.3 Å². The topological polar surface area (TPSA) is 55.1 Å². The van der Waals surface area contributed by atoms with Crippen LogP contribution in [0, 0.1) is 0 Å². The third kappa shape index (κ3) is 3.48. The fourth-order valence-electron chi connectivity index (χ4n) is 1.46. The zero-order valence-electron chi connectivity index (χ0n) is 9.24. The van der Waals surface area contributed by atoms with Crippen molar-refractivity contribution in [2.75, 3.05) is 5.73 Å². The van der Waals surface area contributed by atoms with Crippen LogP contribution in [-0.4, -0.2) is 5.91 Å². The molecule has 0 fully saturated rings. The summed E-state index contributed by atoms with van der Waals surface area (Å²) in [6, 6.07) is 8.82. The predicted octanol–water partition coefficient (Wildman–Crippen LogP) is 3.68. The number of thiophene rings is 1. The summed E-state index contributed by atoms with van der Waals surface area (Å²) in [5.41, 5.74) is 6.76. The van der Waals surface area contributed by atoms with E-state index < -0.39 is 0 Å². The predicted molar refractivity (Wildman–Crippen MR) is 79.1 cm³/mol. The number of hydrogen-bond donors (Lipinski definition) is 2. The molecule has 3 nitrogen and oxygen atoms in total. The van der Waals surface area contributed by atoms with Crippen LogP contribution in [0.3, 0.4) is 0 Å². The number of amides is 1. The van der Waals surface area contributed by atoms with Crippen LogP contribution in [0.25, 0.3) is 0 Å². The van der Waals surface area contributed by atoms with Crippen molar-refractivity contribution >= 4 is 50.5 Å². The maximum Gasteiger partial charge on any atom is 0.251 e. The minimum Gasteiger partial charge on any atom is -0.399 e. The van der Waals surface area contributed by atoms with Gasteiger partial charge >= 0.3 is 0 Å². The standard InChI is InChI=1S/C12H10BrClN2OS/c13-8-3-7(4-9(15)5-8)12(17)16-6-10-1-2-11(14)18-10/h1-5H,6,15H2,(H,16,17). The Labute approximate surface area is 122 Å². The Hall–Kier alpha value is -1.04. The minimum atomic E-state index is -0.160. The molecule has 0 aliphatic heterocycles. The van der Waals surface area contributed by atoms with Gasteiger partial charge in [0.25, 0.3) is 5.91 Å². The first kappa shape index (κ1) is 13.4. The highest BCUT2D eigenvalue weighted by Gasteiger charge is 2.07. The van der Waals surface area contributed by atoms with Crippen molar-refractivity contribution in [3.8, 4) is 0 Å². The van der Waals surface area contributed by atoms with Gasteiger partial charge in [-0.15, -0.1) is 11.3 Å². The zero-order chi connectivity index (χ0) is 13.1. The molecule has 6 heteroatoms. The number of carbonyl (C=O) groups excluding carboxylic acids is 1. The highest BCUT2D eigenvalue weighted by molar-refractivity contribution is 9.10. The summed E-state index contributed by atoms with van der Waals surface area (Å²) >= 11 is 10.6. The fourth-order valence-corrected chi connectivity index (χ4v) is 3.00. The molecule has 0 aliphatic carbocycles. The van der Waals surface area contributed by atoms with Crippen LogP contribution in [0.2, 0.25) is 4.34 Å². The fraction of sp³-hybridized carbons (Fsp3) is 0.0833. The van der Waals surface area contributed by atoms with E-state index in [1.807, 2.05) is 12.1 Å². The first-order valence-corrected chi connectivity index (χ1v) is 7.12. The van der Waals surface area contributed by atoms with E-state index in [1.54, 1.807) is 18.2 Å². The van der Waals surface area contributed by atoms with Gasteiger partial charge in [-0.3, -0.25) is 4.79 Å². The largest absolute Gasteiger partial charge is 0.399 e. The second-order valence-electron chi connectivity index (χ2n) is 3.66. The Morgan fingerprint density at radius 3 is 2.78 bits per heavy atom. The number of halogens is 2. The number of nitrogen functional groups attached to an aromatic ring is 1. The Morgan fingerprint density at radius 2 is 2.17 bits per heavy atom. The lowest BCUT2D eigenvalue weighted by molar-refractivity contribution is 0.0951. The molecule has 0 atom stereocenters. The van der Waals surface area contributed by atoms with Crippen molar-refractivity contribution in [2.24, 2.45) is 0 Å². The smallest absolute Gasteiger partial charge is 0.251 e. The van der Waals surface area contributed by atoms with Gasteiger partial charge in [-0.2, -0.15) is 0 Å². The molecule has 2 aromatic rings. The van der Waals surface area contributed by atoms with Gasteiger partial charge in [0, 0.05) is 20.6 Å². The van der Waals surface area contributed by atoms with Gasteiger partial charge in [0.2, 0.25) is 0 Å². The lowest BCUT2D eigenvalue weighted by atomic mass is 10.2. The van der Waals surface area contributed by atoms with E-state index in [-0.39, 0.29) is 5.91 Å². The molecular weight excluding hydrogens is 336 g/mol. The minimum absolute atomic E-state index is 0.160. The molecule has 1 heterocycles. The van der Waals surface area contributed by atoms with Crippen molar-refractivity contribution < 1.29 is 4.79 Å². The summed E-state index contributed by atoms with van der Waals surface area (Å²) in [6.07, 6.45) is 0. The van der Waals surface area contributed by atoms with Crippen LogP contribution in [0.4, 0.5) is 5.69 Å². The van der Waals surface area contributed by atoms with E-state index in [9.17, 15) is 4.79 Å². The Balaban J connectivity index is 2.03. The molecule has 1 amide bonds. The lowest BCUT2D eigenvalue weighted by Gasteiger charge is -2.05. The molecule has 94 valence electrons. The van der Waals surface area contributed by atoms with E-state index in [0.29, 0.717) is 22.1 Å². The number of rotatable bonds is 3. The summed E-state index contributed by atoms with van der Waals surface area (Å²) in [6.45, 7) is 0.461. The normalized spacial score (nSPS) is 10.3. The van der Waals surface area contributed by atoms with Crippen LogP contribution >= 0.6 is 38.9 Å². The molecule has 1 aromatic carbocycles. The Morgan fingerprint density at radius 1 is 1.39 bits per heavy atom. The van der Waals surface area contributed by atoms with E-state index in [0.717, 1.165) is 9.35 Å². The molecule has 1 aromatic heterocycles. The van der Waals surface area contributed by atoms with Crippen LogP contribution in [-0.2, 0) is 6.54 Å². The third-order valence-electron chi connectivity index (χ3n) is 2.23. The summed E-state index contributed by atoms with van der Waals surface area (Å²) in [7, 11) is 0. The molecule has 0 radical (unpaired) electrons. The molecule has 0 saturated carbocycles. The molecule has 0 spiro atoms. The van der Waals surface area contributed by atoms with Gasteiger partial charge in [-0.25, -0.2) is 0 Å². The Kier molecular flexibility index (Phi) is 4.27. The molecule has 0 bridgehead atoms. The first-order valence-electron chi connectivity index (χ1n) is 5.13. The van der Waals surface area contributed by atoms with Crippen molar-refractivity contribution in [3.05, 3.63) is 49.6 Å². The summed E-state index contributed by atoms with van der Waals surface area (Å²) in [4.78, 5) is 12.9. The Bertz CT molecular complexity index is 565. The highest BCUT2D eigenvalue weighted by atomic mass is 79.9. The van der Waals surface area contributed by atoms with Gasteiger partial charge in [0.05, 0.1) is 10.9 Å². The molecule has 0 unspecified atom stereocenters. The molecule has 3 N–H and O–H groups in total. The summed E-state index contributed by atoms with van der Waals surface area (Å²) in [5.74, 6) is -0.160. The number of hydrogen-bond acceptors (Lipinski definition) is 3. The second-order valence-corrected chi connectivity index (χ2v) is 6.38. The monoisotopic (exact) mass is 344 g/mol. The number of carbonyl (C=O) groups is 1. The summed E-state index contributed by atoms with van der Waals surface area (Å²) in [5, 5.41) is 2.82. The number of benzene rings is 1. The number of nitrogens with one attached hydrogen (secondary N) is 1. The third-order valence-corrected chi connectivity index (χ3v) is 3.92. The molecule has 2 rings (SSSR count). The van der Waals surface area contributed by atoms with Gasteiger partial charge in [0.15, 0.2) is 0 Å². The summed E-state index contributed by atoms with van der Waals surface area (Å²) < 4.78 is 1.50. The van der Waals surface area contributed by atoms with Crippen LogP contribution in [0.15, 0.2) is 34.8 Å². The average Bonchev–Trinajstić information content (AvgIpc) is 2.70. The highest BCUT2D eigenvalue weighted by Crippen LogP contribution is 2.21. The van der Waals surface area contributed by atoms with Crippen molar-refractivity contribution in [1.29, 1.82) is 0 Å². The lowest BCUT2D eigenvalue weighted by Crippen LogP contribution is -2.22.